The first-order valence-corrected chi connectivity index (χ1v) is 6.01. The van der Waals surface area contributed by atoms with Gasteiger partial charge in [0.05, 0.1) is 5.69 Å². The molecule has 0 saturated carbocycles. The number of nitriles is 1. The summed E-state index contributed by atoms with van der Waals surface area (Å²) in [6.07, 6.45) is 2.82. The molecular formula is C12H11N9. The lowest BCUT2D eigenvalue weighted by molar-refractivity contribution is 0.767. The van der Waals surface area contributed by atoms with Gasteiger partial charge in [0.1, 0.15) is 35.7 Å². The molecule has 0 aromatic carbocycles. The molecule has 21 heavy (non-hydrogen) atoms. The van der Waals surface area contributed by atoms with Crippen LogP contribution in [0.1, 0.15) is 5.56 Å². The zero-order valence-electron chi connectivity index (χ0n) is 11.4. The molecule has 9 nitrogen and oxygen atoms in total. The average Bonchev–Trinajstić information content (AvgIpc) is 3.06. The molecule has 2 N–H and O–H groups in total. The largest absolute Gasteiger partial charge is 0.398 e. The Hall–Kier alpha value is -3.28. The van der Waals surface area contributed by atoms with Crippen molar-refractivity contribution in [2.24, 2.45) is 14.1 Å². The van der Waals surface area contributed by atoms with Crippen molar-refractivity contribution in [1.82, 2.24) is 34.5 Å². The number of aromatic nitrogens is 7. The van der Waals surface area contributed by atoms with E-state index in [1.807, 2.05) is 0 Å². The molecule has 0 fully saturated rings. The SMILES string of the molecule is Cn1ncnc1-c1cc(N)c(C#N)c(-c2ncnn2C)n1. The molecule has 0 bridgehead atoms. The Balaban J connectivity index is 2.29. The van der Waals surface area contributed by atoms with Crippen molar-refractivity contribution in [3.05, 3.63) is 24.3 Å². The molecule has 3 aromatic rings. The van der Waals surface area contributed by atoms with Gasteiger partial charge >= 0.3 is 0 Å². The molecule has 3 aromatic heterocycles. The Morgan fingerprint density at radius 2 is 1.71 bits per heavy atom. The van der Waals surface area contributed by atoms with Crippen molar-refractivity contribution in [3.8, 4) is 29.1 Å². The highest BCUT2D eigenvalue weighted by molar-refractivity contribution is 5.74. The third-order valence-electron chi connectivity index (χ3n) is 3.03. The molecule has 0 amide bonds. The number of aryl methyl sites for hydroxylation is 2. The first kappa shape index (κ1) is 12.7. The highest BCUT2D eigenvalue weighted by atomic mass is 15.3. The van der Waals surface area contributed by atoms with Gasteiger partial charge < -0.3 is 5.73 Å². The Labute approximate surface area is 119 Å². The predicted octanol–water partition coefficient (Wildman–Crippen LogP) is 0.126. The molecule has 0 spiro atoms. The van der Waals surface area contributed by atoms with E-state index in [9.17, 15) is 5.26 Å². The van der Waals surface area contributed by atoms with Gasteiger partial charge in [0.25, 0.3) is 0 Å². The van der Waals surface area contributed by atoms with Crippen molar-refractivity contribution in [3.63, 3.8) is 0 Å². The predicted molar refractivity (Wildman–Crippen MR) is 73.4 cm³/mol. The number of pyridine rings is 1. The van der Waals surface area contributed by atoms with Crippen LogP contribution < -0.4 is 5.73 Å². The van der Waals surface area contributed by atoms with E-state index in [-0.39, 0.29) is 5.56 Å². The van der Waals surface area contributed by atoms with Crippen LogP contribution in [0.5, 0.6) is 0 Å². The lowest BCUT2D eigenvalue weighted by Crippen LogP contribution is -2.05. The summed E-state index contributed by atoms with van der Waals surface area (Å²) >= 11 is 0. The molecule has 0 aliphatic carbocycles. The van der Waals surface area contributed by atoms with Crippen LogP contribution in [0.3, 0.4) is 0 Å². The minimum absolute atomic E-state index is 0.261. The first-order chi connectivity index (χ1) is 10.1. The standard InChI is InChI=1S/C12H11N9/c1-20-11(15-5-17-20)9-3-8(14)7(4-13)10(19-9)12-16-6-18-21(12)2/h3,5-6H,1-2H3,(H2,14,19). The van der Waals surface area contributed by atoms with Gasteiger partial charge in [-0.1, -0.05) is 0 Å². The second kappa shape index (κ2) is 4.68. The van der Waals surface area contributed by atoms with Crippen LogP contribution in [0.4, 0.5) is 5.69 Å². The van der Waals surface area contributed by atoms with Gasteiger partial charge in [-0.2, -0.15) is 15.5 Å². The Morgan fingerprint density at radius 1 is 1.10 bits per heavy atom. The number of anilines is 1. The molecule has 104 valence electrons. The smallest absolute Gasteiger partial charge is 0.177 e. The Bertz CT molecular complexity index is 852. The number of hydrogen-bond acceptors (Lipinski definition) is 7. The molecule has 0 unspecified atom stereocenters. The quantitative estimate of drug-likeness (QED) is 0.707. The fourth-order valence-corrected chi connectivity index (χ4v) is 2.00. The van der Waals surface area contributed by atoms with Gasteiger partial charge in [-0.3, -0.25) is 0 Å². The fraction of sp³-hybridized carbons (Fsp3) is 0.167. The molecule has 0 saturated heterocycles. The van der Waals surface area contributed by atoms with Gasteiger partial charge in [-0.25, -0.2) is 24.3 Å². The number of nitrogen functional groups attached to an aromatic ring is 1. The zero-order chi connectivity index (χ0) is 15.0. The maximum Gasteiger partial charge on any atom is 0.177 e. The van der Waals surface area contributed by atoms with Crippen molar-refractivity contribution >= 4 is 5.69 Å². The minimum atomic E-state index is 0.261. The van der Waals surface area contributed by atoms with Gasteiger partial charge in [0.15, 0.2) is 11.6 Å². The lowest BCUT2D eigenvalue weighted by atomic mass is 10.1. The van der Waals surface area contributed by atoms with E-state index >= 15 is 0 Å². The second-order valence-corrected chi connectivity index (χ2v) is 4.35. The zero-order valence-corrected chi connectivity index (χ0v) is 11.4. The number of nitrogens with two attached hydrogens (primary N) is 1. The van der Waals surface area contributed by atoms with Crippen molar-refractivity contribution in [2.75, 3.05) is 5.73 Å². The molecule has 3 rings (SSSR count). The number of nitrogens with zero attached hydrogens (tertiary/aromatic N) is 8. The van der Waals surface area contributed by atoms with Crippen molar-refractivity contribution in [2.45, 2.75) is 0 Å². The van der Waals surface area contributed by atoms with Crippen molar-refractivity contribution < 1.29 is 0 Å². The maximum absolute atomic E-state index is 9.30. The van der Waals surface area contributed by atoms with E-state index < -0.39 is 0 Å². The minimum Gasteiger partial charge on any atom is -0.398 e. The van der Waals surface area contributed by atoms with Crippen LogP contribution in [0, 0.1) is 11.3 Å². The third-order valence-corrected chi connectivity index (χ3v) is 3.03. The monoisotopic (exact) mass is 281 g/mol. The average molecular weight is 281 g/mol. The molecule has 9 heteroatoms. The third kappa shape index (κ3) is 1.99. The fourth-order valence-electron chi connectivity index (χ4n) is 2.00. The summed E-state index contributed by atoms with van der Waals surface area (Å²) in [6, 6.07) is 3.65. The van der Waals surface area contributed by atoms with E-state index in [2.05, 4.69) is 31.2 Å². The van der Waals surface area contributed by atoms with E-state index in [4.69, 9.17) is 5.73 Å². The van der Waals surface area contributed by atoms with Crippen LogP contribution >= 0.6 is 0 Å². The molecular weight excluding hydrogens is 270 g/mol. The summed E-state index contributed by atoms with van der Waals surface area (Å²) < 4.78 is 3.11. The lowest BCUT2D eigenvalue weighted by Gasteiger charge is -2.08. The number of hydrogen-bond donors (Lipinski definition) is 1. The highest BCUT2D eigenvalue weighted by Crippen LogP contribution is 2.27. The normalized spacial score (nSPS) is 10.5. The summed E-state index contributed by atoms with van der Waals surface area (Å²) in [5, 5.41) is 17.3. The Morgan fingerprint density at radius 3 is 2.24 bits per heavy atom. The van der Waals surface area contributed by atoms with Crippen molar-refractivity contribution in [1.29, 1.82) is 5.26 Å². The van der Waals surface area contributed by atoms with Gasteiger partial charge in [0.2, 0.25) is 0 Å². The Kier molecular flexibility index (Phi) is 2.84. The summed E-state index contributed by atoms with van der Waals surface area (Å²) in [5.74, 6) is 1.01. The molecule has 0 radical (unpaired) electrons. The van der Waals surface area contributed by atoms with Crippen LogP contribution in [-0.2, 0) is 14.1 Å². The highest BCUT2D eigenvalue weighted by Gasteiger charge is 2.18. The van der Waals surface area contributed by atoms with Crippen LogP contribution in [0.15, 0.2) is 18.7 Å². The van der Waals surface area contributed by atoms with Gasteiger partial charge in [0, 0.05) is 14.1 Å². The van der Waals surface area contributed by atoms with Gasteiger partial charge in [-0.05, 0) is 6.07 Å². The summed E-state index contributed by atoms with van der Waals surface area (Å²) in [4.78, 5) is 12.7. The molecule has 3 heterocycles. The molecule has 0 aliphatic heterocycles. The van der Waals surface area contributed by atoms with E-state index in [1.54, 1.807) is 24.8 Å². The van der Waals surface area contributed by atoms with E-state index in [1.165, 1.54) is 17.3 Å². The van der Waals surface area contributed by atoms with Gasteiger partial charge in [-0.15, -0.1) is 0 Å². The maximum atomic E-state index is 9.30. The topological polar surface area (TPSA) is 124 Å². The van der Waals surface area contributed by atoms with Crippen LogP contribution in [-0.4, -0.2) is 34.5 Å². The molecule has 0 atom stereocenters. The van der Waals surface area contributed by atoms with Crippen LogP contribution in [0.25, 0.3) is 23.0 Å². The summed E-state index contributed by atoms with van der Waals surface area (Å²) in [7, 11) is 3.47. The van der Waals surface area contributed by atoms with Crippen LogP contribution in [0.2, 0.25) is 0 Å². The molecule has 0 aliphatic rings. The summed E-state index contributed by atoms with van der Waals surface area (Å²) in [6.45, 7) is 0. The number of rotatable bonds is 2. The van der Waals surface area contributed by atoms with E-state index in [0.717, 1.165) is 0 Å². The summed E-state index contributed by atoms with van der Waals surface area (Å²) in [5.41, 5.74) is 7.43. The van der Waals surface area contributed by atoms with E-state index in [0.29, 0.717) is 28.7 Å². The first-order valence-electron chi connectivity index (χ1n) is 6.01. The second-order valence-electron chi connectivity index (χ2n) is 4.35.